The molecule has 2 rings (SSSR count). The summed E-state index contributed by atoms with van der Waals surface area (Å²) in [6.45, 7) is 1.82. The smallest absolute Gasteiger partial charge is 0.217 e. The molecular formula is C47H87NO13. The molecule has 9 N–H and O–H groups in total. The van der Waals surface area contributed by atoms with E-state index in [0.29, 0.717) is 6.42 Å². The van der Waals surface area contributed by atoms with Crippen LogP contribution in [-0.4, -0.2) is 140 Å². The monoisotopic (exact) mass is 874 g/mol. The molecule has 2 saturated heterocycles. The van der Waals surface area contributed by atoms with E-state index >= 15 is 0 Å². The van der Waals surface area contributed by atoms with Crippen molar-refractivity contribution in [1.82, 2.24) is 5.32 Å². The maximum Gasteiger partial charge on any atom is 0.217 e. The van der Waals surface area contributed by atoms with Crippen LogP contribution in [0.5, 0.6) is 0 Å². The lowest BCUT2D eigenvalue weighted by Gasteiger charge is -2.46. The van der Waals surface area contributed by atoms with Crippen LogP contribution >= 0.6 is 0 Å². The molecule has 0 aliphatic carbocycles. The van der Waals surface area contributed by atoms with Gasteiger partial charge in [0.1, 0.15) is 48.8 Å². The molecular weight excluding hydrogens is 787 g/mol. The Kier molecular flexibility index (Phi) is 31.7. The molecule has 61 heavy (non-hydrogen) atoms. The number of carbonyl (C=O) groups is 1. The van der Waals surface area contributed by atoms with Gasteiger partial charge in [-0.15, -0.1) is 0 Å². The third-order valence-electron chi connectivity index (χ3n) is 11.9. The minimum atomic E-state index is -1.78. The van der Waals surface area contributed by atoms with E-state index in [0.717, 1.165) is 12.8 Å². The van der Waals surface area contributed by atoms with E-state index in [1.807, 2.05) is 6.08 Å². The van der Waals surface area contributed by atoms with Crippen LogP contribution in [0.25, 0.3) is 0 Å². The third-order valence-corrected chi connectivity index (χ3v) is 11.9. The summed E-state index contributed by atoms with van der Waals surface area (Å²) >= 11 is 0. The van der Waals surface area contributed by atoms with E-state index in [1.54, 1.807) is 6.08 Å². The number of rotatable bonds is 36. The fourth-order valence-electron chi connectivity index (χ4n) is 8.05. The van der Waals surface area contributed by atoms with Gasteiger partial charge in [-0.2, -0.15) is 0 Å². The molecule has 358 valence electrons. The quantitative estimate of drug-likeness (QED) is 0.0285. The van der Waals surface area contributed by atoms with Gasteiger partial charge in [-0.3, -0.25) is 4.79 Å². The molecule has 1 amide bonds. The summed E-state index contributed by atoms with van der Waals surface area (Å²) in [5.41, 5.74) is 0. The lowest BCUT2D eigenvalue weighted by Crippen LogP contribution is -2.65. The number of aliphatic hydroxyl groups is 8. The zero-order chi connectivity index (χ0) is 44.7. The van der Waals surface area contributed by atoms with Crippen LogP contribution in [0.1, 0.15) is 174 Å². The summed E-state index contributed by atoms with van der Waals surface area (Å²) in [6, 6.07) is -0.929. The first-order chi connectivity index (χ1) is 29.5. The first kappa shape index (κ1) is 55.6. The molecule has 14 nitrogen and oxygen atoms in total. The molecule has 0 spiro atoms. The standard InChI is InChI=1S/C47H87NO13/c1-3-4-5-6-7-8-9-10-11-12-13-14-15-16-17-18-19-20-21-22-23-24-25-26-27-28-29-30-31-37(52)36(48-35(2)51)34-58-46-44(57)42(55)45(39(33-50)60-46)61-47-43(56)41(54)40(53)38(32-49)59-47/h26-27,30-31,36-47,49-50,52-57H,3-25,28-29,32-34H2,1-2H3,(H,48,51)/b27-26+,31-30+. The summed E-state index contributed by atoms with van der Waals surface area (Å²) in [4.78, 5) is 11.9. The summed E-state index contributed by atoms with van der Waals surface area (Å²) in [7, 11) is 0. The van der Waals surface area contributed by atoms with Gasteiger partial charge in [0, 0.05) is 6.92 Å². The summed E-state index contributed by atoms with van der Waals surface area (Å²) in [6.07, 6.45) is 23.6. The van der Waals surface area contributed by atoms with Crippen LogP contribution in [0.3, 0.4) is 0 Å². The molecule has 2 heterocycles. The molecule has 0 aromatic carbocycles. The number of unbranched alkanes of at least 4 members (excludes halogenated alkanes) is 23. The first-order valence-corrected chi connectivity index (χ1v) is 24.0. The average molecular weight is 874 g/mol. The number of allylic oxidation sites excluding steroid dienone is 3. The van der Waals surface area contributed by atoms with Crippen LogP contribution in [0.4, 0.5) is 0 Å². The zero-order valence-electron chi connectivity index (χ0n) is 37.7. The second kappa shape index (κ2) is 34.8. The molecule has 0 aromatic heterocycles. The summed E-state index contributed by atoms with van der Waals surface area (Å²) in [5, 5.41) is 85.0. The van der Waals surface area contributed by atoms with Crippen molar-refractivity contribution in [2.24, 2.45) is 0 Å². The Morgan fingerprint density at radius 3 is 1.51 bits per heavy atom. The van der Waals surface area contributed by atoms with Gasteiger partial charge in [0.05, 0.1) is 32.0 Å². The van der Waals surface area contributed by atoms with Crippen LogP contribution < -0.4 is 5.32 Å². The van der Waals surface area contributed by atoms with Gasteiger partial charge < -0.3 is 65.1 Å². The number of carbonyl (C=O) groups excluding carboxylic acids is 1. The van der Waals surface area contributed by atoms with Crippen molar-refractivity contribution in [3.8, 4) is 0 Å². The number of ether oxygens (including phenoxy) is 4. The van der Waals surface area contributed by atoms with Gasteiger partial charge in [0.25, 0.3) is 0 Å². The van der Waals surface area contributed by atoms with E-state index in [-0.39, 0.29) is 6.61 Å². The lowest BCUT2D eigenvalue weighted by atomic mass is 9.97. The maximum absolute atomic E-state index is 11.9. The first-order valence-electron chi connectivity index (χ1n) is 24.0. The van der Waals surface area contributed by atoms with E-state index < -0.39 is 92.7 Å². The Morgan fingerprint density at radius 2 is 1.02 bits per heavy atom. The van der Waals surface area contributed by atoms with Crippen LogP contribution in [-0.2, 0) is 23.7 Å². The predicted octanol–water partition coefficient (Wildman–Crippen LogP) is 5.38. The second-order valence-electron chi connectivity index (χ2n) is 17.3. The largest absolute Gasteiger partial charge is 0.394 e. The maximum atomic E-state index is 11.9. The van der Waals surface area contributed by atoms with Crippen molar-refractivity contribution in [2.75, 3.05) is 19.8 Å². The Hall–Kier alpha value is -1.53. The number of hydrogen-bond donors (Lipinski definition) is 9. The van der Waals surface area contributed by atoms with Crippen molar-refractivity contribution in [3.63, 3.8) is 0 Å². The molecule has 2 aliphatic heterocycles. The van der Waals surface area contributed by atoms with Crippen molar-refractivity contribution in [1.29, 1.82) is 0 Å². The molecule has 12 unspecified atom stereocenters. The highest BCUT2D eigenvalue weighted by molar-refractivity contribution is 5.73. The number of aliphatic hydroxyl groups excluding tert-OH is 8. The Labute approximate surface area is 367 Å². The Morgan fingerprint density at radius 1 is 0.574 bits per heavy atom. The van der Waals surface area contributed by atoms with Gasteiger partial charge in [-0.1, -0.05) is 166 Å². The highest BCUT2D eigenvalue weighted by atomic mass is 16.7. The summed E-state index contributed by atoms with van der Waals surface area (Å²) in [5.74, 6) is -0.425. The van der Waals surface area contributed by atoms with E-state index in [4.69, 9.17) is 18.9 Å². The van der Waals surface area contributed by atoms with Crippen molar-refractivity contribution in [2.45, 2.75) is 248 Å². The van der Waals surface area contributed by atoms with Crippen molar-refractivity contribution >= 4 is 5.91 Å². The fourth-order valence-corrected chi connectivity index (χ4v) is 8.05. The van der Waals surface area contributed by atoms with Crippen LogP contribution in [0.2, 0.25) is 0 Å². The predicted molar refractivity (Wildman–Crippen MR) is 235 cm³/mol. The van der Waals surface area contributed by atoms with Crippen LogP contribution in [0, 0.1) is 0 Å². The molecule has 14 heteroatoms. The zero-order valence-corrected chi connectivity index (χ0v) is 37.7. The van der Waals surface area contributed by atoms with Crippen molar-refractivity contribution in [3.05, 3.63) is 24.3 Å². The molecule has 0 aromatic rings. The minimum absolute atomic E-state index is 0.324. The minimum Gasteiger partial charge on any atom is -0.394 e. The molecule has 12 atom stereocenters. The van der Waals surface area contributed by atoms with Gasteiger partial charge in [0.15, 0.2) is 12.6 Å². The van der Waals surface area contributed by atoms with Gasteiger partial charge >= 0.3 is 0 Å². The topological polar surface area (TPSA) is 228 Å². The molecule has 2 fully saturated rings. The Bertz CT molecular complexity index is 1130. The lowest BCUT2D eigenvalue weighted by molar-refractivity contribution is -0.359. The number of amides is 1. The van der Waals surface area contributed by atoms with E-state index in [9.17, 15) is 45.6 Å². The average Bonchev–Trinajstić information content (AvgIpc) is 3.25. The van der Waals surface area contributed by atoms with Gasteiger partial charge in [-0.25, -0.2) is 0 Å². The number of hydrogen-bond acceptors (Lipinski definition) is 13. The van der Waals surface area contributed by atoms with E-state index in [1.165, 1.54) is 148 Å². The SMILES string of the molecule is CCCCCCCCCCCCCCCCCCCCCCCC/C=C/CC/C=C/C(O)C(COC1OC(CO)C(OC2OC(CO)C(O)C(O)C2O)C(O)C1O)NC(C)=O. The molecule has 0 saturated carbocycles. The molecule has 2 aliphatic rings. The van der Waals surface area contributed by atoms with E-state index in [2.05, 4.69) is 24.4 Å². The third kappa shape index (κ3) is 23.3. The highest BCUT2D eigenvalue weighted by Crippen LogP contribution is 2.30. The van der Waals surface area contributed by atoms with Gasteiger partial charge in [0.2, 0.25) is 5.91 Å². The highest BCUT2D eigenvalue weighted by Gasteiger charge is 2.50. The fraction of sp³-hybridized carbons (Fsp3) is 0.894. The Balaban J connectivity index is 1.53. The molecule has 0 bridgehead atoms. The second-order valence-corrected chi connectivity index (χ2v) is 17.3. The molecule has 0 radical (unpaired) electrons. The number of nitrogens with one attached hydrogen (secondary N) is 1. The van der Waals surface area contributed by atoms with Crippen molar-refractivity contribution < 1.29 is 64.6 Å². The van der Waals surface area contributed by atoms with Crippen LogP contribution in [0.15, 0.2) is 24.3 Å². The summed E-state index contributed by atoms with van der Waals surface area (Å²) < 4.78 is 22.2. The normalized spacial score (nSPS) is 28.2. The van der Waals surface area contributed by atoms with Gasteiger partial charge in [-0.05, 0) is 25.7 Å².